The van der Waals surface area contributed by atoms with Gasteiger partial charge in [0.15, 0.2) is 5.88 Å². The van der Waals surface area contributed by atoms with Crippen LogP contribution in [0.25, 0.3) is 11.4 Å². The molecule has 8 heteroatoms. The van der Waals surface area contributed by atoms with Gasteiger partial charge >= 0.3 is 6.09 Å². The normalized spacial score (nSPS) is 16.2. The monoisotopic (exact) mass is 488 g/mol. The number of aliphatic hydroxyl groups is 1. The Bertz CT molecular complexity index is 1260. The van der Waals surface area contributed by atoms with Crippen LogP contribution in [0, 0.1) is 0 Å². The molecule has 0 saturated heterocycles. The topological polar surface area (TPSA) is 101 Å². The number of nitrogens with one attached hydrogen (secondary N) is 2. The van der Waals surface area contributed by atoms with Crippen molar-refractivity contribution in [3.63, 3.8) is 0 Å². The van der Waals surface area contributed by atoms with Crippen LogP contribution in [0.1, 0.15) is 41.7 Å². The molecular formula is C28H32N4O4. The number of furan rings is 1. The SMILES string of the molecule is CN(C)C1=C(c2ccccc2)N(c2ccc(C3(NC(=O)O)CCC3)cc2)Cc2oc(NCCO)cc21. The summed E-state index contributed by atoms with van der Waals surface area (Å²) in [4.78, 5) is 15.8. The number of anilines is 2. The van der Waals surface area contributed by atoms with Gasteiger partial charge in [-0.25, -0.2) is 4.79 Å². The predicted molar refractivity (Wildman–Crippen MR) is 141 cm³/mol. The quantitative estimate of drug-likeness (QED) is 0.363. The number of carboxylic acid groups (broad SMARTS) is 1. The highest BCUT2D eigenvalue weighted by Crippen LogP contribution is 2.45. The second-order valence-corrected chi connectivity index (χ2v) is 9.55. The first-order valence-corrected chi connectivity index (χ1v) is 12.3. The number of nitrogens with zero attached hydrogens (tertiary/aromatic N) is 2. The Morgan fingerprint density at radius 2 is 1.83 bits per heavy atom. The van der Waals surface area contributed by atoms with E-state index in [2.05, 4.69) is 44.7 Å². The van der Waals surface area contributed by atoms with Gasteiger partial charge in [0.25, 0.3) is 0 Å². The fraction of sp³-hybridized carbons (Fsp3) is 0.321. The average Bonchev–Trinajstić information content (AvgIpc) is 3.26. The van der Waals surface area contributed by atoms with Crippen LogP contribution in [0.5, 0.6) is 0 Å². The molecule has 1 amide bonds. The Morgan fingerprint density at radius 3 is 2.42 bits per heavy atom. The minimum atomic E-state index is -0.990. The Balaban J connectivity index is 1.59. The number of carbonyl (C=O) groups is 1. The predicted octanol–water partition coefficient (Wildman–Crippen LogP) is 4.74. The molecule has 0 atom stereocenters. The van der Waals surface area contributed by atoms with Crippen molar-refractivity contribution in [1.29, 1.82) is 0 Å². The standard InChI is InChI=1S/C28H32N4O4/c1-31(2)26-22-17-24(29-15-16-33)36-23(22)18-32(25(26)19-7-4-3-5-8-19)21-11-9-20(10-12-21)28(13-6-14-28)30-27(34)35/h3-5,7-12,17,29-30,33H,6,13-16,18H2,1-2H3,(H,34,35). The Kier molecular flexibility index (Phi) is 6.36. The minimum absolute atomic E-state index is 0.0215. The summed E-state index contributed by atoms with van der Waals surface area (Å²) >= 11 is 0. The maximum atomic E-state index is 11.4. The molecule has 3 aromatic rings. The summed E-state index contributed by atoms with van der Waals surface area (Å²) in [6.07, 6.45) is 1.63. The second-order valence-electron chi connectivity index (χ2n) is 9.55. The van der Waals surface area contributed by atoms with Crippen molar-refractivity contribution in [2.75, 3.05) is 37.5 Å². The molecule has 8 nitrogen and oxygen atoms in total. The molecule has 4 N–H and O–H groups in total. The van der Waals surface area contributed by atoms with Crippen molar-refractivity contribution in [3.05, 3.63) is 83.1 Å². The molecular weight excluding hydrogens is 456 g/mol. The molecule has 1 aliphatic carbocycles. The zero-order chi connectivity index (χ0) is 25.3. The van der Waals surface area contributed by atoms with Crippen molar-refractivity contribution in [2.24, 2.45) is 0 Å². The lowest BCUT2D eigenvalue weighted by Crippen LogP contribution is -2.50. The summed E-state index contributed by atoms with van der Waals surface area (Å²) in [5.74, 6) is 1.47. The van der Waals surface area contributed by atoms with Crippen LogP contribution in [0.2, 0.25) is 0 Å². The van der Waals surface area contributed by atoms with Crippen LogP contribution < -0.4 is 15.5 Å². The third-order valence-electron chi connectivity index (χ3n) is 7.05. The third kappa shape index (κ3) is 4.28. The van der Waals surface area contributed by atoms with E-state index in [4.69, 9.17) is 4.42 Å². The number of fused-ring (bicyclic) bond motifs is 1. The minimum Gasteiger partial charge on any atom is -0.465 e. The van der Waals surface area contributed by atoms with E-state index < -0.39 is 11.6 Å². The molecule has 1 aromatic heterocycles. The molecule has 36 heavy (non-hydrogen) atoms. The Morgan fingerprint density at radius 1 is 1.11 bits per heavy atom. The zero-order valence-corrected chi connectivity index (χ0v) is 20.6. The summed E-state index contributed by atoms with van der Waals surface area (Å²) in [7, 11) is 4.06. The van der Waals surface area contributed by atoms with E-state index in [9.17, 15) is 15.0 Å². The van der Waals surface area contributed by atoms with Gasteiger partial charge in [-0.1, -0.05) is 42.5 Å². The van der Waals surface area contributed by atoms with Gasteiger partial charge in [0.2, 0.25) is 0 Å². The van der Waals surface area contributed by atoms with E-state index in [0.29, 0.717) is 19.0 Å². The van der Waals surface area contributed by atoms with Gasteiger partial charge in [0.1, 0.15) is 5.76 Å². The first-order chi connectivity index (χ1) is 17.4. The summed E-state index contributed by atoms with van der Waals surface area (Å²) in [6.45, 7) is 0.972. The van der Waals surface area contributed by atoms with E-state index in [-0.39, 0.29) is 6.61 Å². The lowest BCUT2D eigenvalue weighted by Gasteiger charge is -2.42. The van der Waals surface area contributed by atoms with E-state index in [1.165, 1.54) is 0 Å². The summed E-state index contributed by atoms with van der Waals surface area (Å²) in [6, 6.07) is 20.5. The van der Waals surface area contributed by atoms with E-state index in [1.54, 1.807) is 0 Å². The van der Waals surface area contributed by atoms with Crippen LogP contribution in [0.15, 0.2) is 65.1 Å². The molecule has 2 heterocycles. The van der Waals surface area contributed by atoms with Crippen LogP contribution in [0.4, 0.5) is 16.4 Å². The lowest BCUT2D eigenvalue weighted by atomic mass is 9.72. The molecule has 0 unspecified atom stereocenters. The highest BCUT2D eigenvalue weighted by molar-refractivity contribution is 5.99. The van der Waals surface area contributed by atoms with Gasteiger partial charge in [-0.15, -0.1) is 0 Å². The van der Waals surface area contributed by atoms with Gasteiger partial charge in [0.05, 0.1) is 30.1 Å². The van der Waals surface area contributed by atoms with Crippen molar-refractivity contribution >= 4 is 29.1 Å². The van der Waals surface area contributed by atoms with Crippen LogP contribution in [-0.4, -0.2) is 48.5 Å². The highest BCUT2D eigenvalue weighted by Gasteiger charge is 2.40. The zero-order valence-electron chi connectivity index (χ0n) is 20.6. The van der Waals surface area contributed by atoms with Gasteiger partial charge in [-0.2, -0.15) is 0 Å². The number of aliphatic hydroxyl groups excluding tert-OH is 1. The summed E-state index contributed by atoms with van der Waals surface area (Å²) in [5.41, 5.74) is 5.70. The van der Waals surface area contributed by atoms with Crippen molar-refractivity contribution < 1.29 is 19.4 Å². The number of benzene rings is 2. The maximum absolute atomic E-state index is 11.4. The maximum Gasteiger partial charge on any atom is 0.405 e. The average molecular weight is 489 g/mol. The highest BCUT2D eigenvalue weighted by atomic mass is 16.4. The molecule has 0 radical (unpaired) electrons. The van der Waals surface area contributed by atoms with Crippen molar-refractivity contribution in [2.45, 2.75) is 31.3 Å². The van der Waals surface area contributed by atoms with Crippen LogP contribution >= 0.6 is 0 Å². The second kappa shape index (κ2) is 9.62. The fourth-order valence-electron chi connectivity index (χ4n) is 5.23. The Hall–Kier alpha value is -3.91. The van der Waals surface area contributed by atoms with Gasteiger partial charge < -0.3 is 35.1 Å². The number of hydrogen-bond donors (Lipinski definition) is 4. The van der Waals surface area contributed by atoms with Gasteiger partial charge in [-0.3, -0.25) is 0 Å². The number of rotatable bonds is 8. The fourth-order valence-corrected chi connectivity index (χ4v) is 5.23. The number of amides is 1. The molecule has 1 aliphatic heterocycles. The molecule has 2 aliphatic rings. The molecule has 1 fully saturated rings. The lowest BCUT2D eigenvalue weighted by molar-refractivity contribution is 0.144. The first kappa shape index (κ1) is 23.8. The molecule has 0 spiro atoms. The van der Waals surface area contributed by atoms with Crippen LogP contribution in [-0.2, 0) is 12.1 Å². The largest absolute Gasteiger partial charge is 0.465 e. The molecule has 0 bridgehead atoms. The third-order valence-corrected chi connectivity index (χ3v) is 7.05. The van der Waals surface area contributed by atoms with Crippen molar-refractivity contribution in [3.8, 4) is 0 Å². The van der Waals surface area contributed by atoms with Gasteiger partial charge in [0, 0.05) is 43.5 Å². The van der Waals surface area contributed by atoms with E-state index in [1.807, 2.05) is 50.5 Å². The Labute approximate surface area is 210 Å². The molecule has 5 rings (SSSR count). The van der Waals surface area contributed by atoms with Gasteiger partial charge in [-0.05, 0) is 37.0 Å². The summed E-state index contributed by atoms with van der Waals surface area (Å²) < 4.78 is 6.17. The van der Waals surface area contributed by atoms with Crippen molar-refractivity contribution in [1.82, 2.24) is 10.2 Å². The molecule has 1 saturated carbocycles. The summed E-state index contributed by atoms with van der Waals surface area (Å²) in [5, 5.41) is 24.5. The van der Waals surface area contributed by atoms with Crippen LogP contribution in [0.3, 0.4) is 0 Å². The van der Waals surface area contributed by atoms with E-state index in [0.717, 1.165) is 58.8 Å². The smallest absolute Gasteiger partial charge is 0.405 e. The molecule has 2 aromatic carbocycles. The van der Waals surface area contributed by atoms with E-state index >= 15 is 0 Å². The molecule has 188 valence electrons. The number of hydrogen-bond acceptors (Lipinski definition) is 6. The first-order valence-electron chi connectivity index (χ1n) is 12.3.